The summed E-state index contributed by atoms with van der Waals surface area (Å²) in [4.78, 5) is 5.42. The Bertz CT molecular complexity index is 252. The van der Waals surface area contributed by atoms with E-state index in [1.807, 2.05) is 0 Å². The molecule has 3 unspecified atom stereocenters. The van der Waals surface area contributed by atoms with Gasteiger partial charge in [0.2, 0.25) is 0 Å². The Morgan fingerprint density at radius 3 is 2.63 bits per heavy atom. The molecule has 2 heterocycles. The molecular weight excluding hydrogens is 234 g/mol. The summed E-state index contributed by atoms with van der Waals surface area (Å²) in [5.41, 5.74) is 0. The largest absolute Gasteiger partial charge is 0.315 e. The van der Waals surface area contributed by atoms with Crippen LogP contribution in [0.3, 0.4) is 0 Å². The molecule has 0 spiro atoms. The molecule has 2 aliphatic rings. The van der Waals surface area contributed by atoms with Crippen molar-refractivity contribution >= 4 is 0 Å². The maximum absolute atomic E-state index is 3.63. The number of nitrogens with zero attached hydrogens (tertiary/aromatic N) is 2. The third-order valence-corrected chi connectivity index (χ3v) is 5.26. The molecule has 3 nitrogen and oxygen atoms in total. The lowest BCUT2D eigenvalue weighted by Crippen LogP contribution is -2.57. The van der Waals surface area contributed by atoms with E-state index in [1.54, 1.807) is 0 Å². The van der Waals surface area contributed by atoms with Crippen molar-refractivity contribution in [3.63, 3.8) is 0 Å². The first-order valence-corrected chi connectivity index (χ1v) is 8.45. The fourth-order valence-corrected chi connectivity index (χ4v) is 3.92. The van der Waals surface area contributed by atoms with E-state index in [2.05, 4.69) is 35.9 Å². The van der Waals surface area contributed by atoms with Crippen LogP contribution in [0, 0.1) is 5.92 Å². The van der Waals surface area contributed by atoms with Crippen LogP contribution in [0.5, 0.6) is 0 Å². The fraction of sp³-hybridized carbons (Fsp3) is 1.00. The second-order valence-corrected chi connectivity index (χ2v) is 6.39. The molecule has 2 saturated heterocycles. The lowest BCUT2D eigenvalue weighted by Gasteiger charge is -2.46. The highest BCUT2D eigenvalue weighted by atomic mass is 15.2. The molecule has 0 amide bonds. The van der Waals surface area contributed by atoms with Gasteiger partial charge in [0.15, 0.2) is 0 Å². The molecule has 1 N–H and O–H groups in total. The standard InChI is InChI=1S/C16H33N3/c1-4-18(5-2)13-15-9-10-17-12-16(15)19-11-7-6-8-14(19)3/h14-17H,4-13H2,1-3H3. The highest BCUT2D eigenvalue weighted by Gasteiger charge is 2.34. The van der Waals surface area contributed by atoms with Crippen LogP contribution in [-0.4, -0.2) is 61.2 Å². The molecule has 0 aromatic carbocycles. The maximum Gasteiger partial charge on any atom is 0.0264 e. The van der Waals surface area contributed by atoms with Gasteiger partial charge in [0.1, 0.15) is 0 Å². The minimum atomic E-state index is 0.768. The molecule has 0 saturated carbocycles. The molecule has 3 heteroatoms. The van der Waals surface area contributed by atoms with Crippen molar-refractivity contribution in [1.29, 1.82) is 0 Å². The normalized spacial score (nSPS) is 33.8. The van der Waals surface area contributed by atoms with Crippen molar-refractivity contribution in [2.75, 3.05) is 39.3 Å². The Balaban J connectivity index is 1.98. The van der Waals surface area contributed by atoms with Crippen molar-refractivity contribution in [3.05, 3.63) is 0 Å². The van der Waals surface area contributed by atoms with Crippen LogP contribution < -0.4 is 5.32 Å². The van der Waals surface area contributed by atoms with Gasteiger partial charge in [-0.3, -0.25) is 4.90 Å². The van der Waals surface area contributed by atoms with E-state index in [1.165, 1.54) is 65.0 Å². The van der Waals surface area contributed by atoms with Crippen LogP contribution in [0.1, 0.15) is 46.5 Å². The topological polar surface area (TPSA) is 18.5 Å². The monoisotopic (exact) mass is 267 g/mol. The van der Waals surface area contributed by atoms with Gasteiger partial charge in [-0.2, -0.15) is 0 Å². The van der Waals surface area contributed by atoms with E-state index < -0.39 is 0 Å². The van der Waals surface area contributed by atoms with Crippen LogP contribution >= 0.6 is 0 Å². The first kappa shape index (κ1) is 15.3. The summed E-state index contributed by atoms with van der Waals surface area (Å²) in [6, 6.07) is 1.56. The summed E-state index contributed by atoms with van der Waals surface area (Å²) in [6.45, 7) is 14.5. The minimum Gasteiger partial charge on any atom is -0.315 e. The molecule has 0 aliphatic carbocycles. The number of nitrogens with one attached hydrogen (secondary N) is 1. The average Bonchev–Trinajstić information content (AvgIpc) is 2.46. The number of likely N-dealkylation sites (tertiary alicyclic amines) is 1. The van der Waals surface area contributed by atoms with Gasteiger partial charge in [-0.25, -0.2) is 0 Å². The number of piperidine rings is 2. The lowest BCUT2D eigenvalue weighted by molar-refractivity contribution is 0.0404. The van der Waals surface area contributed by atoms with Crippen molar-refractivity contribution in [2.24, 2.45) is 5.92 Å². The molecule has 0 aromatic heterocycles. The molecule has 0 bridgehead atoms. The van der Waals surface area contributed by atoms with Crippen molar-refractivity contribution in [2.45, 2.75) is 58.5 Å². The van der Waals surface area contributed by atoms with E-state index in [4.69, 9.17) is 0 Å². The Labute approximate surface area is 119 Å². The predicted molar refractivity (Wildman–Crippen MR) is 82.6 cm³/mol. The number of hydrogen-bond donors (Lipinski definition) is 1. The van der Waals surface area contributed by atoms with E-state index in [0.717, 1.165) is 18.0 Å². The third-order valence-electron chi connectivity index (χ3n) is 5.26. The van der Waals surface area contributed by atoms with E-state index in [9.17, 15) is 0 Å². The van der Waals surface area contributed by atoms with Gasteiger partial charge in [0.25, 0.3) is 0 Å². The molecule has 2 aliphatic heterocycles. The zero-order valence-electron chi connectivity index (χ0n) is 13.2. The van der Waals surface area contributed by atoms with E-state index >= 15 is 0 Å². The molecule has 2 fully saturated rings. The number of rotatable bonds is 5. The van der Waals surface area contributed by atoms with Crippen molar-refractivity contribution in [3.8, 4) is 0 Å². The Morgan fingerprint density at radius 2 is 1.95 bits per heavy atom. The zero-order valence-corrected chi connectivity index (χ0v) is 13.2. The van der Waals surface area contributed by atoms with Gasteiger partial charge in [0.05, 0.1) is 0 Å². The maximum atomic E-state index is 3.63. The first-order valence-electron chi connectivity index (χ1n) is 8.45. The van der Waals surface area contributed by atoms with Gasteiger partial charge in [-0.1, -0.05) is 20.3 Å². The van der Waals surface area contributed by atoms with Crippen LogP contribution in [0.25, 0.3) is 0 Å². The summed E-state index contributed by atoms with van der Waals surface area (Å²) in [5.74, 6) is 0.863. The van der Waals surface area contributed by atoms with E-state index in [0.29, 0.717) is 0 Å². The minimum absolute atomic E-state index is 0.768. The summed E-state index contributed by atoms with van der Waals surface area (Å²) in [6.07, 6.45) is 5.58. The van der Waals surface area contributed by atoms with Crippen molar-refractivity contribution < 1.29 is 0 Å². The van der Waals surface area contributed by atoms with Crippen LogP contribution in [0.15, 0.2) is 0 Å². The molecule has 0 radical (unpaired) electrons. The Morgan fingerprint density at radius 1 is 1.16 bits per heavy atom. The van der Waals surface area contributed by atoms with Crippen molar-refractivity contribution in [1.82, 2.24) is 15.1 Å². The molecule has 112 valence electrons. The summed E-state index contributed by atoms with van der Waals surface area (Å²) in [5, 5.41) is 3.63. The summed E-state index contributed by atoms with van der Waals surface area (Å²) < 4.78 is 0. The Hall–Kier alpha value is -0.120. The third kappa shape index (κ3) is 3.93. The molecular formula is C16H33N3. The molecule has 19 heavy (non-hydrogen) atoms. The highest BCUT2D eigenvalue weighted by Crippen LogP contribution is 2.26. The average molecular weight is 267 g/mol. The second-order valence-electron chi connectivity index (χ2n) is 6.39. The SMILES string of the molecule is CCN(CC)CC1CCNCC1N1CCCCC1C. The van der Waals surface area contributed by atoms with Gasteiger partial charge in [-0.05, 0) is 58.3 Å². The zero-order chi connectivity index (χ0) is 13.7. The van der Waals surface area contributed by atoms with Crippen LogP contribution in [0.4, 0.5) is 0 Å². The lowest BCUT2D eigenvalue weighted by atomic mass is 9.88. The molecule has 3 atom stereocenters. The summed E-state index contributed by atoms with van der Waals surface area (Å²) >= 11 is 0. The highest BCUT2D eigenvalue weighted by molar-refractivity contribution is 4.90. The van der Waals surface area contributed by atoms with Crippen LogP contribution in [0.2, 0.25) is 0 Å². The van der Waals surface area contributed by atoms with Crippen LogP contribution in [-0.2, 0) is 0 Å². The van der Waals surface area contributed by atoms with Gasteiger partial charge in [-0.15, -0.1) is 0 Å². The van der Waals surface area contributed by atoms with Gasteiger partial charge >= 0.3 is 0 Å². The van der Waals surface area contributed by atoms with Gasteiger partial charge in [0, 0.05) is 25.2 Å². The smallest absolute Gasteiger partial charge is 0.0264 e. The molecule has 0 aromatic rings. The second kappa shape index (κ2) is 7.61. The van der Waals surface area contributed by atoms with Gasteiger partial charge < -0.3 is 10.2 Å². The fourth-order valence-electron chi connectivity index (χ4n) is 3.92. The predicted octanol–water partition coefficient (Wildman–Crippen LogP) is 2.18. The number of hydrogen-bond acceptors (Lipinski definition) is 3. The quantitative estimate of drug-likeness (QED) is 0.824. The first-order chi connectivity index (χ1) is 9.26. The Kier molecular flexibility index (Phi) is 6.11. The molecule has 2 rings (SSSR count). The summed E-state index contributed by atoms with van der Waals surface area (Å²) in [7, 11) is 0. The van der Waals surface area contributed by atoms with E-state index in [-0.39, 0.29) is 0 Å².